The van der Waals surface area contributed by atoms with Gasteiger partial charge in [-0.1, -0.05) is 67.3 Å². The van der Waals surface area contributed by atoms with Gasteiger partial charge in [0.15, 0.2) is 0 Å². The molecular weight excluding hydrogens is 437 g/mol. The number of nitrogens with zero attached hydrogens (tertiary/aromatic N) is 1. The molecule has 1 saturated carbocycles. The molecule has 1 unspecified atom stereocenters. The molecule has 3 nitrogen and oxygen atoms in total. The molecule has 0 spiro atoms. The molecule has 0 radical (unpaired) electrons. The van der Waals surface area contributed by atoms with Gasteiger partial charge in [0.1, 0.15) is 0 Å². The van der Waals surface area contributed by atoms with E-state index in [4.69, 9.17) is 11.6 Å². The second kappa shape index (κ2) is 10.7. The number of hydrogen-bond acceptors (Lipinski definition) is 2. The van der Waals surface area contributed by atoms with E-state index in [0.29, 0.717) is 18.9 Å². The average Bonchev–Trinajstić information content (AvgIpc) is 2.73. The highest BCUT2D eigenvalue weighted by Gasteiger charge is 2.35. The minimum absolute atomic E-state index is 0.175. The predicted octanol–water partition coefficient (Wildman–Crippen LogP) is 6.41. The first kappa shape index (κ1) is 24.6. The van der Waals surface area contributed by atoms with E-state index >= 15 is 0 Å². The van der Waals surface area contributed by atoms with Crippen molar-refractivity contribution in [3.8, 4) is 0 Å². The van der Waals surface area contributed by atoms with Crippen LogP contribution in [0.5, 0.6) is 0 Å². The number of benzene rings is 1. The van der Waals surface area contributed by atoms with Crippen LogP contribution in [0.3, 0.4) is 0 Å². The lowest BCUT2D eigenvalue weighted by Gasteiger charge is -2.31. The molecular formula is C25H30ClF3N2O. The Hall–Kier alpha value is -2.05. The van der Waals surface area contributed by atoms with Crippen molar-refractivity contribution in [2.75, 3.05) is 20.1 Å². The summed E-state index contributed by atoms with van der Waals surface area (Å²) in [5.41, 5.74) is 0.705. The summed E-state index contributed by atoms with van der Waals surface area (Å²) < 4.78 is 39.7. The zero-order valence-corrected chi connectivity index (χ0v) is 19.1. The highest BCUT2D eigenvalue weighted by molar-refractivity contribution is 6.34. The Morgan fingerprint density at radius 3 is 2.59 bits per heavy atom. The molecule has 2 aliphatic carbocycles. The molecule has 1 aromatic carbocycles. The molecule has 2 aliphatic rings. The monoisotopic (exact) mass is 466 g/mol. The number of hydrogen-bond donors (Lipinski definition) is 1. The second-order valence-corrected chi connectivity index (χ2v) is 9.19. The summed E-state index contributed by atoms with van der Waals surface area (Å²) in [4.78, 5) is 15.2. The van der Waals surface area contributed by atoms with Gasteiger partial charge in [0.05, 0.1) is 22.2 Å². The van der Waals surface area contributed by atoms with Crippen LogP contribution in [0, 0.1) is 5.92 Å². The van der Waals surface area contributed by atoms with Crippen molar-refractivity contribution in [2.24, 2.45) is 5.92 Å². The number of carbonyl (C=O) groups excluding carboxylic acids is 1. The molecule has 0 aromatic heterocycles. The summed E-state index contributed by atoms with van der Waals surface area (Å²) in [7, 11) is 2.02. The number of halogens is 4. The van der Waals surface area contributed by atoms with E-state index in [2.05, 4.69) is 16.8 Å². The fourth-order valence-corrected chi connectivity index (χ4v) is 4.77. The van der Waals surface area contributed by atoms with Gasteiger partial charge in [-0.2, -0.15) is 13.2 Å². The zero-order chi connectivity index (χ0) is 23.3. The first-order chi connectivity index (χ1) is 15.1. The number of amides is 1. The van der Waals surface area contributed by atoms with E-state index in [1.165, 1.54) is 44.2 Å². The molecule has 0 saturated heterocycles. The molecule has 1 atom stereocenters. The first-order valence-corrected chi connectivity index (χ1v) is 11.4. The Kier molecular flexibility index (Phi) is 8.23. The Morgan fingerprint density at radius 2 is 1.97 bits per heavy atom. The normalized spacial score (nSPS) is 18.6. The maximum Gasteiger partial charge on any atom is 0.417 e. The van der Waals surface area contributed by atoms with Crippen LogP contribution in [0.2, 0.25) is 5.02 Å². The quantitative estimate of drug-likeness (QED) is 0.503. The van der Waals surface area contributed by atoms with Gasteiger partial charge in [-0.25, -0.2) is 0 Å². The molecule has 1 aromatic rings. The number of likely N-dealkylation sites (N-methyl/N-ethyl adjacent to an activating group) is 1. The molecule has 1 amide bonds. The number of rotatable bonds is 7. The third-order valence-electron chi connectivity index (χ3n) is 6.16. The molecule has 1 N–H and O–H groups in total. The van der Waals surface area contributed by atoms with Crippen molar-refractivity contribution in [1.29, 1.82) is 0 Å². The lowest BCUT2D eigenvalue weighted by molar-refractivity contribution is -0.137. The molecule has 0 bridgehead atoms. The fourth-order valence-electron chi connectivity index (χ4n) is 4.45. The summed E-state index contributed by atoms with van der Waals surface area (Å²) in [6.45, 7) is 5.43. The van der Waals surface area contributed by atoms with Crippen LogP contribution in [-0.4, -0.2) is 37.0 Å². The van der Waals surface area contributed by atoms with Crippen LogP contribution < -0.4 is 5.32 Å². The van der Waals surface area contributed by atoms with Gasteiger partial charge in [0.2, 0.25) is 0 Å². The average molecular weight is 467 g/mol. The lowest BCUT2D eigenvalue weighted by Crippen LogP contribution is -2.45. The number of allylic oxidation sites excluding steroid dienone is 3. The number of carbonyl (C=O) groups is 1. The van der Waals surface area contributed by atoms with E-state index in [1.54, 1.807) is 0 Å². The third-order valence-corrected chi connectivity index (χ3v) is 6.56. The highest BCUT2D eigenvalue weighted by Crippen LogP contribution is 2.36. The predicted molar refractivity (Wildman–Crippen MR) is 123 cm³/mol. The number of alkyl halides is 3. The Balaban J connectivity index is 1.77. The topological polar surface area (TPSA) is 32.3 Å². The largest absolute Gasteiger partial charge is 0.417 e. The molecule has 3 rings (SSSR count). The van der Waals surface area contributed by atoms with Crippen LogP contribution >= 0.6 is 11.6 Å². The van der Waals surface area contributed by atoms with Crippen molar-refractivity contribution < 1.29 is 18.0 Å². The Labute approximate surface area is 193 Å². The van der Waals surface area contributed by atoms with Crippen LogP contribution in [0.15, 0.2) is 54.2 Å². The van der Waals surface area contributed by atoms with E-state index in [-0.39, 0.29) is 11.6 Å². The maximum atomic E-state index is 13.2. The van der Waals surface area contributed by atoms with Gasteiger partial charge >= 0.3 is 6.18 Å². The molecule has 174 valence electrons. The zero-order valence-electron chi connectivity index (χ0n) is 18.4. The smallest absolute Gasteiger partial charge is 0.344 e. The lowest BCUT2D eigenvalue weighted by atomic mass is 9.89. The third kappa shape index (κ3) is 6.48. The molecule has 7 heteroatoms. The summed E-state index contributed by atoms with van der Waals surface area (Å²) in [6, 6.07) is 3.04. The molecule has 1 fully saturated rings. The van der Waals surface area contributed by atoms with Crippen molar-refractivity contribution in [2.45, 2.75) is 50.7 Å². The summed E-state index contributed by atoms with van der Waals surface area (Å²) in [5, 5.41) is 2.35. The minimum atomic E-state index is -4.62. The summed E-state index contributed by atoms with van der Waals surface area (Å²) >= 11 is 5.98. The van der Waals surface area contributed by atoms with Gasteiger partial charge in [0.25, 0.3) is 5.91 Å². The van der Waals surface area contributed by atoms with Crippen molar-refractivity contribution in [3.05, 3.63) is 70.3 Å². The minimum Gasteiger partial charge on any atom is -0.344 e. The highest BCUT2D eigenvalue weighted by atomic mass is 35.5. The summed E-state index contributed by atoms with van der Waals surface area (Å²) in [5.74, 6) is 0.0227. The SMILES string of the molecule is C=C1C=CC(C(CN(C)CC2CCCCC2)NC(=O)c2cccc(C(F)(F)F)c2Cl)=CC1. The summed E-state index contributed by atoms with van der Waals surface area (Å²) in [6.07, 6.45) is 8.11. The van der Waals surface area contributed by atoms with Gasteiger partial charge in [-0.3, -0.25) is 4.79 Å². The van der Waals surface area contributed by atoms with Crippen molar-refractivity contribution >= 4 is 17.5 Å². The van der Waals surface area contributed by atoms with Crippen molar-refractivity contribution in [3.63, 3.8) is 0 Å². The van der Waals surface area contributed by atoms with Crippen LogP contribution in [0.1, 0.15) is 54.4 Å². The van der Waals surface area contributed by atoms with Crippen LogP contribution in [0.4, 0.5) is 13.2 Å². The first-order valence-electron chi connectivity index (χ1n) is 11.1. The van der Waals surface area contributed by atoms with Crippen LogP contribution in [-0.2, 0) is 6.18 Å². The van der Waals surface area contributed by atoms with E-state index < -0.39 is 22.7 Å². The molecule has 0 aliphatic heterocycles. The van der Waals surface area contributed by atoms with E-state index in [9.17, 15) is 18.0 Å². The standard InChI is InChI=1S/C25H30ClF3N2O/c1-17-11-13-19(14-12-17)22(16-31(2)15-18-7-4-3-5-8-18)30-24(32)20-9-6-10-21(23(20)26)25(27,28)29/h6,9-11,13-14,18,22H,1,3-5,7-8,12,15-16H2,2H3,(H,30,32). The van der Waals surface area contributed by atoms with E-state index in [0.717, 1.165) is 23.8 Å². The second-order valence-electron chi connectivity index (χ2n) is 8.82. The molecule has 32 heavy (non-hydrogen) atoms. The van der Waals surface area contributed by atoms with Gasteiger partial charge in [-0.15, -0.1) is 0 Å². The van der Waals surface area contributed by atoms with Gasteiger partial charge in [0, 0.05) is 13.1 Å². The van der Waals surface area contributed by atoms with Crippen LogP contribution in [0.25, 0.3) is 0 Å². The van der Waals surface area contributed by atoms with Gasteiger partial charge < -0.3 is 10.2 Å². The maximum absolute atomic E-state index is 13.2. The van der Waals surface area contributed by atoms with Gasteiger partial charge in [-0.05, 0) is 49.9 Å². The Morgan fingerprint density at radius 1 is 1.25 bits per heavy atom. The van der Waals surface area contributed by atoms with E-state index in [1.807, 2.05) is 25.3 Å². The molecule has 0 heterocycles. The Bertz CT molecular complexity index is 901. The van der Waals surface area contributed by atoms with Crippen molar-refractivity contribution in [1.82, 2.24) is 10.2 Å². The number of nitrogens with one attached hydrogen (secondary N) is 1. The fraction of sp³-hybridized carbons (Fsp3) is 0.480.